The van der Waals surface area contributed by atoms with Crippen molar-refractivity contribution in [2.45, 2.75) is 63.7 Å². The number of allylic oxidation sites excluding steroid dienone is 2. The van der Waals surface area contributed by atoms with Crippen LogP contribution in [0.1, 0.15) is 62.9 Å². The van der Waals surface area contributed by atoms with Gasteiger partial charge >= 0.3 is 5.92 Å². The SMILES string of the molecule is CC(F)(F)c1ncc2c(=O)n(C(C3CC3)C3OCCO3)cc(C3=CCCCC3)c2n1. The van der Waals surface area contributed by atoms with E-state index in [0.29, 0.717) is 24.6 Å². The lowest BCUT2D eigenvalue weighted by Gasteiger charge is -2.26. The number of halogens is 2. The summed E-state index contributed by atoms with van der Waals surface area (Å²) in [7, 11) is 0. The lowest BCUT2D eigenvalue weighted by molar-refractivity contribution is -0.0844. The number of hydrogen-bond acceptors (Lipinski definition) is 5. The van der Waals surface area contributed by atoms with Gasteiger partial charge in [0, 0.05) is 24.9 Å². The summed E-state index contributed by atoms with van der Waals surface area (Å²) in [6, 6.07) is -0.236. The Hall–Kier alpha value is -2.19. The topological polar surface area (TPSA) is 66.2 Å². The van der Waals surface area contributed by atoms with Gasteiger partial charge in [0.25, 0.3) is 5.56 Å². The fourth-order valence-corrected chi connectivity index (χ4v) is 4.48. The Kier molecular flexibility index (Phi) is 4.94. The minimum Gasteiger partial charge on any atom is -0.348 e. The Morgan fingerprint density at radius 1 is 1.23 bits per heavy atom. The van der Waals surface area contributed by atoms with Crippen molar-refractivity contribution in [3.8, 4) is 0 Å². The quantitative estimate of drug-likeness (QED) is 0.730. The van der Waals surface area contributed by atoms with Crippen LogP contribution in [0.15, 0.2) is 23.3 Å². The van der Waals surface area contributed by atoms with Gasteiger partial charge in [-0.1, -0.05) is 6.08 Å². The minimum absolute atomic E-state index is 0.236. The molecule has 160 valence electrons. The lowest BCUT2D eigenvalue weighted by atomic mass is 9.93. The molecule has 6 nitrogen and oxygen atoms in total. The number of pyridine rings is 1. The molecule has 5 rings (SSSR count). The van der Waals surface area contributed by atoms with Gasteiger partial charge in [0.2, 0.25) is 0 Å². The van der Waals surface area contributed by atoms with Gasteiger partial charge in [0.05, 0.1) is 30.2 Å². The summed E-state index contributed by atoms with van der Waals surface area (Å²) in [5.74, 6) is -3.44. The maximum Gasteiger partial charge on any atom is 0.303 e. The minimum atomic E-state index is -3.18. The second-order valence-electron chi connectivity index (χ2n) is 8.51. The zero-order chi connectivity index (χ0) is 20.9. The first kappa shape index (κ1) is 19.8. The van der Waals surface area contributed by atoms with Crippen molar-refractivity contribution in [3.63, 3.8) is 0 Å². The Balaban J connectivity index is 1.73. The molecule has 1 saturated heterocycles. The van der Waals surface area contributed by atoms with E-state index >= 15 is 0 Å². The van der Waals surface area contributed by atoms with E-state index in [-0.39, 0.29) is 17.0 Å². The van der Waals surface area contributed by atoms with E-state index in [4.69, 9.17) is 9.47 Å². The van der Waals surface area contributed by atoms with Crippen LogP contribution < -0.4 is 5.56 Å². The molecule has 0 spiro atoms. The average Bonchev–Trinajstić information content (AvgIpc) is 3.43. The molecule has 1 atom stereocenters. The molecular weight excluding hydrogens is 392 g/mol. The van der Waals surface area contributed by atoms with Crippen LogP contribution >= 0.6 is 0 Å². The van der Waals surface area contributed by atoms with Gasteiger partial charge < -0.3 is 14.0 Å². The fourth-order valence-electron chi connectivity index (χ4n) is 4.48. The van der Waals surface area contributed by atoms with E-state index in [2.05, 4.69) is 16.0 Å². The van der Waals surface area contributed by atoms with Crippen molar-refractivity contribution in [2.75, 3.05) is 13.2 Å². The van der Waals surface area contributed by atoms with Gasteiger partial charge in [0.1, 0.15) is 0 Å². The number of rotatable bonds is 5. The number of ether oxygens (including phenoxy) is 2. The monoisotopic (exact) mass is 417 g/mol. The van der Waals surface area contributed by atoms with Crippen LogP contribution in [0.5, 0.6) is 0 Å². The molecule has 0 amide bonds. The molecule has 2 aromatic heterocycles. The smallest absolute Gasteiger partial charge is 0.303 e. The second-order valence-corrected chi connectivity index (χ2v) is 8.51. The van der Waals surface area contributed by atoms with Crippen LogP contribution in [0, 0.1) is 5.92 Å². The molecule has 2 fully saturated rings. The maximum atomic E-state index is 13.9. The van der Waals surface area contributed by atoms with Crippen LogP contribution in [0.3, 0.4) is 0 Å². The van der Waals surface area contributed by atoms with E-state index in [0.717, 1.165) is 56.6 Å². The highest BCUT2D eigenvalue weighted by molar-refractivity contribution is 5.89. The van der Waals surface area contributed by atoms with E-state index in [1.807, 2.05) is 0 Å². The molecule has 0 bridgehead atoms. The number of nitrogens with zero attached hydrogens (tertiary/aromatic N) is 3. The predicted octanol–water partition coefficient (Wildman–Crippen LogP) is 4.18. The van der Waals surface area contributed by atoms with Gasteiger partial charge in [-0.15, -0.1) is 0 Å². The highest BCUT2D eigenvalue weighted by atomic mass is 19.3. The summed E-state index contributed by atoms with van der Waals surface area (Å²) in [4.78, 5) is 21.4. The predicted molar refractivity (Wildman–Crippen MR) is 107 cm³/mol. The maximum absolute atomic E-state index is 13.9. The van der Waals surface area contributed by atoms with Gasteiger partial charge in [-0.25, -0.2) is 9.97 Å². The summed E-state index contributed by atoms with van der Waals surface area (Å²) in [5, 5.41) is 0.260. The summed E-state index contributed by atoms with van der Waals surface area (Å²) in [6.07, 6.45) is 10.6. The van der Waals surface area contributed by atoms with E-state index in [9.17, 15) is 13.6 Å². The third-order valence-corrected chi connectivity index (χ3v) is 6.16. The van der Waals surface area contributed by atoms with Crippen molar-refractivity contribution in [1.29, 1.82) is 0 Å². The second kappa shape index (κ2) is 7.50. The van der Waals surface area contributed by atoms with E-state index in [1.54, 1.807) is 10.8 Å². The first-order valence-corrected chi connectivity index (χ1v) is 10.7. The van der Waals surface area contributed by atoms with Crippen molar-refractivity contribution in [2.24, 2.45) is 5.92 Å². The summed E-state index contributed by atoms with van der Waals surface area (Å²) >= 11 is 0. The lowest BCUT2D eigenvalue weighted by Crippen LogP contribution is -2.35. The molecule has 0 radical (unpaired) electrons. The average molecular weight is 417 g/mol. The van der Waals surface area contributed by atoms with Crippen molar-refractivity contribution >= 4 is 16.5 Å². The van der Waals surface area contributed by atoms with Crippen molar-refractivity contribution in [3.05, 3.63) is 40.2 Å². The van der Waals surface area contributed by atoms with Gasteiger partial charge in [-0.05, 0) is 50.0 Å². The highest BCUT2D eigenvalue weighted by Crippen LogP contribution is 2.44. The van der Waals surface area contributed by atoms with Crippen LogP contribution in [-0.2, 0) is 15.4 Å². The molecule has 1 unspecified atom stereocenters. The van der Waals surface area contributed by atoms with Crippen molar-refractivity contribution in [1.82, 2.24) is 14.5 Å². The molecule has 30 heavy (non-hydrogen) atoms. The van der Waals surface area contributed by atoms with E-state index < -0.39 is 18.0 Å². The normalized spacial score (nSPS) is 21.8. The highest BCUT2D eigenvalue weighted by Gasteiger charge is 2.42. The molecule has 3 aliphatic rings. The summed E-state index contributed by atoms with van der Waals surface area (Å²) in [5.41, 5.74) is 1.80. The molecule has 2 aromatic rings. The van der Waals surface area contributed by atoms with Crippen LogP contribution in [0.2, 0.25) is 0 Å². The molecule has 0 N–H and O–H groups in total. The van der Waals surface area contributed by atoms with Gasteiger partial charge in [0.15, 0.2) is 12.1 Å². The Morgan fingerprint density at radius 3 is 2.63 bits per heavy atom. The molecule has 1 aliphatic heterocycles. The number of alkyl halides is 2. The number of hydrogen-bond donors (Lipinski definition) is 0. The zero-order valence-electron chi connectivity index (χ0n) is 16.9. The molecule has 2 aliphatic carbocycles. The van der Waals surface area contributed by atoms with Gasteiger partial charge in [-0.2, -0.15) is 8.78 Å². The van der Waals surface area contributed by atoms with Crippen LogP contribution in [0.25, 0.3) is 16.5 Å². The molecule has 8 heteroatoms. The third kappa shape index (κ3) is 3.56. The Bertz CT molecular complexity index is 1050. The molecule has 1 saturated carbocycles. The Labute approximate surface area is 172 Å². The van der Waals surface area contributed by atoms with Crippen molar-refractivity contribution < 1.29 is 18.3 Å². The summed E-state index contributed by atoms with van der Waals surface area (Å²) < 4.78 is 41.1. The molecule has 0 aromatic carbocycles. The Morgan fingerprint density at radius 2 is 2.00 bits per heavy atom. The van der Waals surface area contributed by atoms with Crippen LogP contribution in [0.4, 0.5) is 8.78 Å². The molecule has 3 heterocycles. The first-order chi connectivity index (χ1) is 14.4. The standard InChI is InChI=1S/C22H25F2N3O3/c1-22(23,24)21-25-11-15-17(26-21)16(13-5-3-2-4-6-13)12-27(19(15)28)18(14-7-8-14)20-29-9-10-30-20/h5,11-12,14,18,20H,2-4,6-10H2,1H3. The third-order valence-electron chi connectivity index (χ3n) is 6.16. The summed E-state index contributed by atoms with van der Waals surface area (Å²) in [6.45, 7) is 1.78. The van der Waals surface area contributed by atoms with E-state index in [1.165, 1.54) is 6.20 Å². The fraction of sp³-hybridized carbons (Fsp3) is 0.591. The van der Waals surface area contributed by atoms with Gasteiger partial charge in [-0.3, -0.25) is 4.79 Å². The largest absolute Gasteiger partial charge is 0.348 e. The zero-order valence-corrected chi connectivity index (χ0v) is 16.9. The number of fused-ring (bicyclic) bond motifs is 1. The first-order valence-electron chi connectivity index (χ1n) is 10.7. The number of aromatic nitrogens is 3. The van der Waals surface area contributed by atoms with Crippen LogP contribution in [-0.4, -0.2) is 34.0 Å². The molecular formula is C22H25F2N3O3.